The number of aliphatic hydroxyl groups excluding tert-OH is 1. The minimum atomic E-state index is -0.777. The van der Waals surface area contributed by atoms with Crippen LogP contribution in [0, 0.1) is 0 Å². The largest absolute Gasteiger partial charge is 0.462 e. The highest BCUT2D eigenvalue weighted by atomic mass is 16.6. The van der Waals surface area contributed by atoms with Crippen LogP contribution in [0.25, 0.3) is 0 Å². The van der Waals surface area contributed by atoms with Crippen molar-refractivity contribution in [3.8, 4) is 0 Å². The first-order valence-electron chi connectivity index (χ1n) is 32.4. The Labute approximate surface area is 471 Å². The molecule has 0 aromatic heterocycles. The average Bonchev–Trinajstić information content (AvgIpc) is 3.42. The second-order valence-corrected chi connectivity index (χ2v) is 21.4. The summed E-state index contributed by atoms with van der Waals surface area (Å²) < 4.78 is 10.8. The molecule has 1 atom stereocenters. The van der Waals surface area contributed by atoms with Crippen LogP contribution in [0.3, 0.4) is 0 Å². The van der Waals surface area contributed by atoms with E-state index in [1.165, 1.54) is 186 Å². The van der Waals surface area contributed by atoms with Gasteiger partial charge in [0.1, 0.15) is 6.61 Å². The SMILES string of the molecule is CC/C=C\C/C=C\C/C=C\C/C=C\C/C=C\CCCCCCCCCCCCCCCCCC(=O)OC(CO)COC(=O)CCCCCCCCCCCCCCCCCCCC/C=C\C/C=C\C/C=C\C/C=C\CC. The third kappa shape index (κ3) is 63.1. The standard InChI is InChI=1S/C71H122O5/c1-3-5-7-9-11-13-15-17-19-21-23-25-27-29-31-33-35-37-39-41-43-45-47-49-51-53-55-57-59-61-63-65-70(73)75-68-69(67-72)76-71(74)66-64-62-60-58-56-54-52-50-48-46-44-42-40-38-36-34-32-30-28-26-24-22-20-18-16-14-12-10-8-6-4-2/h5-8,11-14,17-20,23-26,30,32,69,72H,3-4,9-10,15-16,21-22,27-29,31,33-68H2,1-2H3/b7-5-,8-6-,13-11-,14-12-,19-17-,20-18-,25-23-,26-24-,32-30-. The van der Waals surface area contributed by atoms with E-state index in [4.69, 9.17) is 9.47 Å². The highest BCUT2D eigenvalue weighted by Gasteiger charge is 2.16. The molecule has 5 heteroatoms. The Bertz CT molecular complexity index is 1470. The number of hydrogen-bond acceptors (Lipinski definition) is 5. The maximum absolute atomic E-state index is 12.4. The average molecular weight is 1060 g/mol. The van der Waals surface area contributed by atoms with Crippen molar-refractivity contribution in [2.24, 2.45) is 0 Å². The number of aliphatic hydroxyl groups is 1. The van der Waals surface area contributed by atoms with Crippen molar-refractivity contribution in [3.05, 3.63) is 109 Å². The number of allylic oxidation sites excluding steroid dienone is 18. The van der Waals surface area contributed by atoms with Gasteiger partial charge in [-0.3, -0.25) is 9.59 Å². The van der Waals surface area contributed by atoms with Crippen molar-refractivity contribution in [3.63, 3.8) is 0 Å². The highest BCUT2D eigenvalue weighted by Crippen LogP contribution is 2.17. The number of ether oxygens (including phenoxy) is 2. The molecule has 5 nitrogen and oxygen atoms in total. The van der Waals surface area contributed by atoms with Crippen molar-refractivity contribution in [2.75, 3.05) is 13.2 Å². The van der Waals surface area contributed by atoms with E-state index in [1.54, 1.807) is 0 Å². The van der Waals surface area contributed by atoms with Crippen molar-refractivity contribution in [1.29, 1.82) is 0 Å². The van der Waals surface area contributed by atoms with Gasteiger partial charge in [-0.1, -0.05) is 309 Å². The van der Waals surface area contributed by atoms with Gasteiger partial charge in [0.15, 0.2) is 6.10 Å². The molecule has 0 spiro atoms. The number of esters is 2. The molecule has 0 amide bonds. The zero-order chi connectivity index (χ0) is 54.8. The Morgan fingerprint density at radius 2 is 0.526 bits per heavy atom. The number of carbonyl (C=O) groups is 2. The lowest BCUT2D eigenvalue weighted by Crippen LogP contribution is -2.28. The number of rotatable bonds is 59. The van der Waals surface area contributed by atoms with Crippen LogP contribution in [-0.2, 0) is 19.1 Å². The van der Waals surface area contributed by atoms with Crippen molar-refractivity contribution in [1.82, 2.24) is 0 Å². The Balaban J connectivity index is 3.46. The Hall–Kier alpha value is -3.44. The molecular weight excluding hydrogens is 933 g/mol. The van der Waals surface area contributed by atoms with Gasteiger partial charge in [0, 0.05) is 12.8 Å². The molecule has 76 heavy (non-hydrogen) atoms. The lowest BCUT2D eigenvalue weighted by Gasteiger charge is -2.15. The highest BCUT2D eigenvalue weighted by molar-refractivity contribution is 5.70. The van der Waals surface area contributed by atoms with Crippen molar-refractivity contribution in [2.45, 2.75) is 315 Å². The Morgan fingerprint density at radius 1 is 0.303 bits per heavy atom. The molecule has 0 saturated carbocycles. The number of carbonyl (C=O) groups excluding carboxylic acids is 2. The zero-order valence-electron chi connectivity index (χ0n) is 50.0. The summed E-state index contributed by atoms with van der Waals surface area (Å²) in [7, 11) is 0. The van der Waals surface area contributed by atoms with E-state index in [1.807, 2.05) is 0 Å². The summed E-state index contributed by atoms with van der Waals surface area (Å²) in [5, 5.41) is 9.69. The predicted molar refractivity (Wildman–Crippen MR) is 334 cm³/mol. The molecule has 0 aliphatic carbocycles. The second kappa shape index (κ2) is 65.8. The van der Waals surface area contributed by atoms with Gasteiger partial charge in [0.2, 0.25) is 0 Å². The van der Waals surface area contributed by atoms with Crippen LogP contribution in [-0.4, -0.2) is 36.4 Å². The van der Waals surface area contributed by atoms with E-state index in [0.717, 1.165) is 96.3 Å². The van der Waals surface area contributed by atoms with Gasteiger partial charge in [0.05, 0.1) is 6.61 Å². The fourth-order valence-electron chi connectivity index (χ4n) is 9.28. The van der Waals surface area contributed by atoms with Crippen LogP contribution < -0.4 is 0 Å². The summed E-state index contributed by atoms with van der Waals surface area (Å²) in [5.41, 5.74) is 0. The van der Waals surface area contributed by atoms with Crippen molar-refractivity contribution >= 4 is 11.9 Å². The van der Waals surface area contributed by atoms with Crippen LogP contribution in [0.2, 0.25) is 0 Å². The second-order valence-electron chi connectivity index (χ2n) is 21.4. The predicted octanol–water partition coefficient (Wildman–Crippen LogP) is 22.4. The van der Waals surface area contributed by atoms with Gasteiger partial charge in [-0.2, -0.15) is 0 Å². The van der Waals surface area contributed by atoms with Gasteiger partial charge in [-0.15, -0.1) is 0 Å². The normalized spacial score (nSPS) is 12.9. The maximum atomic E-state index is 12.4. The summed E-state index contributed by atoms with van der Waals surface area (Å²) in [6.07, 6.45) is 95.2. The van der Waals surface area contributed by atoms with E-state index in [0.29, 0.717) is 12.8 Å². The van der Waals surface area contributed by atoms with Crippen molar-refractivity contribution < 1.29 is 24.2 Å². The molecule has 0 aliphatic rings. The molecule has 0 fully saturated rings. The number of unbranched alkanes of at least 4 members (excludes halogenated alkanes) is 33. The van der Waals surface area contributed by atoms with Crippen LogP contribution in [0.5, 0.6) is 0 Å². The lowest BCUT2D eigenvalue weighted by molar-refractivity contribution is -0.161. The molecule has 0 aromatic carbocycles. The van der Waals surface area contributed by atoms with E-state index < -0.39 is 6.10 Å². The first kappa shape index (κ1) is 72.6. The molecule has 0 aromatic rings. The minimum Gasteiger partial charge on any atom is -0.462 e. The summed E-state index contributed by atoms with van der Waals surface area (Å²) in [6.45, 7) is 3.94. The molecule has 0 saturated heterocycles. The number of hydrogen-bond donors (Lipinski definition) is 1. The topological polar surface area (TPSA) is 72.8 Å². The van der Waals surface area contributed by atoms with Gasteiger partial charge in [-0.25, -0.2) is 0 Å². The van der Waals surface area contributed by atoms with E-state index in [-0.39, 0.29) is 25.2 Å². The first-order chi connectivity index (χ1) is 37.6. The molecule has 1 unspecified atom stereocenters. The van der Waals surface area contributed by atoms with Gasteiger partial charge >= 0.3 is 11.9 Å². The minimum absolute atomic E-state index is 0.0668. The lowest BCUT2D eigenvalue weighted by atomic mass is 10.0. The van der Waals surface area contributed by atoms with E-state index >= 15 is 0 Å². The van der Waals surface area contributed by atoms with Crippen LogP contribution >= 0.6 is 0 Å². The van der Waals surface area contributed by atoms with Crippen LogP contribution in [0.15, 0.2) is 109 Å². The first-order valence-corrected chi connectivity index (χ1v) is 32.4. The summed E-state index contributed by atoms with van der Waals surface area (Å²) >= 11 is 0. The molecule has 0 radical (unpaired) electrons. The molecule has 0 heterocycles. The third-order valence-corrected chi connectivity index (χ3v) is 14.1. The Morgan fingerprint density at radius 3 is 0.789 bits per heavy atom. The molecular formula is C71H122O5. The summed E-state index contributed by atoms with van der Waals surface area (Å²) in [4.78, 5) is 24.6. The molecule has 0 bridgehead atoms. The molecule has 0 aliphatic heterocycles. The maximum Gasteiger partial charge on any atom is 0.306 e. The fraction of sp³-hybridized carbons (Fsp3) is 0.718. The smallest absolute Gasteiger partial charge is 0.306 e. The summed E-state index contributed by atoms with van der Waals surface area (Å²) in [5.74, 6) is -0.582. The van der Waals surface area contributed by atoms with Gasteiger partial charge < -0.3 is 14.6 Å². The third-order valence-electron chi connectivity index (χ3n) is 14.1. The summed E-state index contributed by atoms with van der Waals surface area (Å²) in [6, 6.07) is 0. The molecule has 1 N–H and O–H groups in total. The quantitative estimate of drug-likeness (QED) is 0.0373. The van der Waals surface area contributed by atoms with Gasteiger partial charge in [0.25, 0.3) is 0 Å². The van der Waals surface area contributed by atoms with E-state index in [2.05, 4.69) is 123 Å². The molecule has 0 rings (SSSR count). The van der Waals surface area contributed by atoms with Crippen LogP contribution in [0.1, 0.15) is 309 Å². The monoisotopic (exact) mass is 1050 g/mol. The van der Waals surface area contributed by atoms with Crippen LogP contribution in [0.4, 0.5) is 0 Å². The fourth-order valence-corrected chi connectivity index (χ4v) is 9.28. The Kier molecular flexibility index (Phi) is 62.9. The molecule has 436 valence electrons. The zero-order valence-corrected chi connectivity index (χ0v) is 50.0. The van der Waals surface area contributed by atoms with E-state index in [9.17, 15) is 14.7 Å². The van der Waals surface area contributed by atoms with Gasteiger partial charge in [-0.05, 0) is 96.3 Å².